The zero-order valence-electron chi connectivity index (χ0n) is 10.2. The van der Waals surface area contributed by atoms with Crippen LogP contribution in [0.15, 0.2) is 41.0 Å². The number of hydrogen-bond acceptors (Lipinski definition) is 2. The number of aromatic nitrogens is 1. The highest BCUT2D eigenvalue weighted by molar-refractivity contribution is 9.10. The Morgan fingerprint density at radius 3 is 2.56 bits per heavy atom. The number of hydrogen-bond donors (Lipinski definition) is 1. The van der Waals surface area contributed by atoms with Crippen LogP contribution in [0.2, 0.25) is 0 Å². The van der Waals surface area contributed by atoms with Crippen molar-refractivity contribution in [3.05, 3.63) is 57.9 Å². The van der Waals surface area contributed by atoms with Crippen LogP contribution in [-0.2, 0) is 0 Å². The average Bonchev–Trinajstić information content (AvgIpc) is 2.33. The third kappa shape index (κ3) is 3.07. The minimum Gasteiger partial charge on any atom is -0.363 e. The fourth-order valence-electron chi connectivity index (χ4n) is 1.68. The Kier molecular flexibility index (Phi) is 3.97. The van der Waals surface area contributed by atoms with Crippen molar-refractivity contribution in [2.45, 2.75) is 19.9 Å². The van der Waals surface area contributed by atoms with Gasteiger partial charge < -0.3 is 5.32 Å². The van der Waals surface area contributed by atoms with Crippen LogP contribution in [0, 0.1) is 12.7 Å². The number of pyridine rings is 1. The normalized spacial score (nSPS) is 12.2. The van der Waals surface area contributed by atoms with Gasteiger partial charge in [-0.25, -0.2) is 9.37 Å². The van der Waals surface area contributed by atoms with Gasteiger partial charge in [0.1, 0.15) is 11.6 Å². The fraction of sp³-hybridized carbons (Fsp3) is 0.214. The molecule has 0 aliphatic rings. The Morgan fingerprint density at radius 2 is 1.94 bits per heavy atom. The standard InChI is InChI=1S/C14H14BrFN2/c1-9-7-13(15)14(17-8-9)18-10(2)11-3-5-12(16)6-4-11/h3-8,10H,1-2H3,(H,17,18). The first-order valence-electron chi connectivity index (χ1n) is 5.70. The minimum atomic E-state index is -0.222. The van der Waals surface area contributed by atoms with Gasteiger partial charge in [0.15, 0.2) is 0 Å². The van der Waals surface area contributed by atoms with E-state index in [1.807, 2.05) is 26.1 Å². The van der Waals surface area contributed by atoms with Gasteiger partial charge in [-0.2, -0.15) is 0 Å². The van der Waals surface area contributed by atoms with Crippen molar-refractivity contribution < 1.29 is 4.39 Å². The quantitative estimate of drug-likeness (QED) is 0.905. The van der Waals surface area contributed by atoms with Crippen molar-refractivity contribution >= 4 is 21.7 Å². The molecule has 2 aromatic rings. The first-order chi connectivity index (χ1) is 8.56. The van der Waals surface area contributed by atoms with E-state index in [9.17, 15) is 4.39 Å². The molecule has 1 N–H and O–H groups in total. The Balaban J connectivity index is 2.15. The second kappa shape index (κ2) is 5.48. The maximum absolute atomic E-state index is 12.8. The monoisotopic (exact) mass is 308 g/mol. The van der Waals surface area contributed by atoms with Gasteiger partial charge >= 0.3 is 0 Å². The average molecular weight is 309 g/mol. The van der Waals surface area contributed by atoms with E-state index >= 15 is 0 Å². The molecule has 94 valence electrons. The van der Waals surface area contributed by atoms with Crippen LogP contribution < -0.4 is 5.32 Å². The van der Waals surface area contributed by atoms with Gasteiger partial charge in [-0.3, -0.25) is 0 Å². The molecule has 1 unspecified atom stereocenters. The summed E-state index contributed by atoms with van der Waals surface area (Å²) in [5.74, 6) is 0.568. The van der Waals surface area contributed by atoms with Gasteiger partial charge in [0.05, 0.1) is 4.47 Å². The van der Waals surface area contributed by atoms with Gasteiger partial charge in [0.25, 0.3) is 0 Å². The van der Waals surface area contributed by atoms with Crippen molar-refractivity contribution in [1.82, 2.24) is 4.98 Å². The lowest BCUT2D eigenvalue weighted by molar-refractivity contribution is 0.626. The predicted molar refractivity (Wildman–Crippen MR) is 75.1 cm³/mol. The summed E-state index contributed by atoms with van der Waals surface area (Å²) in [4.78, 5) is 4.33. The van der Waals surface area contributed by atoms with Crippen LogP contribution in [0.5, 0.6) is 0 Å². The predicted octanol–water partition coefficient (Wildman–Crippen LogP) is 4.46. The minimum absolute atomic E-state index is 0.0668. The summed E-state index contributed by atoms with van der Waals surface area (Å²) in [6.07, 6.45) is 1.81. The van der Waals surface area contributed by atoms with Crippen LogP contribution in [0.4, 0.5) is 10.2 Å². The van der Waals surface area contributed by atoms with Gasteiger partial charge in [-0.15, -0.1) is 0 Å². The summed E-state index contributed by atoms with van der Waals surface area (Å²) < 4.78 is 13.8. The van der Waals surface area contributed by atoms with E-state index in [1.165, 1.54) is 12.1 Å². The lowest BCUT2D eigenvalue weighted by Gasteiger charge is -2.16. The van der Waals surface area contributed by atoms with Crippen molar-refractivity contribution in [2.75, 3.05) is 5.32 Å². The number of anilines is 1. The van der Waals surface area contributed by atoms with E-state index < -0.39 is 0 Å². The van der Waals surface area contributed by atoms with Crippen LogP contribution in [0.25, 0.3) is 0 Å². The number of nitrogens with one attached hydrogen (secondary N) is 1. The van der Waals surface area contributed by atoms with Gasteiger partial charge in [0, 0.05) is 12.2 Å². The molecule has 1 aromatic heterocycles. The number of rotatable bonds is 3. The van der Waals surface area contributed by atoms with Crippen molar-refractivity contribution in [3.63, 3.8) is 0 Å². The lowest BCUT2D eigenvalue weighted by atomic mass is 10.1. The first-order valence-corrected chi connectivity index (χ1v) is 6.49. The summed E-state index contributed by atoms with van der Waals surface area (Å²) in [6, 6.07) is 8.55. The molecule has 1 atom stereocenters. The van der Waals surface area contributed by atoms with E-state index in [1.54, 1.807) is 12.1 Å². The topological polar surface area (TPSA) is 24.9 Å². The molecule has 0 aliphatic carbocycles. The van der Waals surface area contributed by atoms with E-state index in [0.29, 0.717) is 0 Å². The van der Waals surface area contributed by atoms with Crippen LogP contribution in [-0.4, -0.2) is 4.98 Å². The van der Waals surface area contributed by atoms with Crippen LogP contribution in [0.1, 0.15) is 24.1 Å². The first kappa shape index (κ1) is 13.0. The molecular formula is C14H14BrFN2. The SMILES string of the molecule is Cc1cnc(NC(C)c2ccc(F)cc2)c(Br)c1. The summed E-state index contributed by atoms with van der Waals surface area (Å²) >= 11 is 3.47. The summed E-state index contributed by atoms with van der Waals surface area (Å²) in [6.45, 7) is 4.01. The summed E-state index contributed by atoms with van der Waals surface area (Å²) in [7, 11) is 0. The number of aryl methyl sites for hydroxylation is 1. The van der Waals surface area contributed by atoms with Crippen LogP contribution >= 0.6 is 15.9 Å². The van der Waals surface area contributed by atoms with Gasteiger partial charge in [0.2, 0.25) is 0 Å². The fourth-order valence-corrected chi connectivity index (χ4v) is 2.26. The number of halogens is 2. The summed E-state index contributed by atoms with van der Waals surface area (Å²) in [5, 5.41) is 3.29. The van der Waals surface area contributed by atoms with Crippen molar-refractivity contribution in [2.24, 2.45) is 0 Å². The van der Waals surface area contributed by atoms with E-state index in [-0.39, 0.29) is 11.9 Å². The molecule has 0 saturated heterocycles. The third-order valence-electron chi connectivity index (χ3n) is 2.70. The Bertz CT molecular complexity index is 540. The Labute approximate surface area is 114 Å². The highest BCUT2D eigenvalue weighted by atomic mass is 79.9. The van der Waals surface area contributed by atoms with Crippen LogP contribution in [0.3, 0.4) is 0 Å². The molecular weight excluding hydrogens is 295 g/mol. The van der Waals surface area contributed by atoms with E-state index in [4.69, 9.17) is 0 Å². The third-order valence-corrected chi connectivity index (χ3v) is 3.31. The van der Waals surface area contributed by atoms with Crippen molar-refractivity contribution in [3.8, 4) is 0 Å². The second-order valence-corrected chi connectivity index (χ2v) is 5.12. The Morgan fingerprint density at radius 1 is 1.28 bits per heavy atom. The van der Waals surface area contributed by atoms with Gasteiger partial charge in [-0.05, 0) is 59.1 Å². The number of benzene rings is 1. The molecule has 18 heavy (non-hydrogen) atoms. The molecule has 0 amide bonds. The lowest BCUT2D eigenvalue weighted by Crippen LogP contribution is -2.08. The molecule has 0 bridgehead atoms. The highest BCUT2D eigenvalue weighted by Gasteiger charge is 2.08. The molecule has 4 heteroatoms. The maximum atomic E-state index is 12.8. The largest absolute Gasteiger partial charge is 0.363 e. The van der Waals surface area contributed by atoms with E-state index in [2.05, 4.69) is 26.2 Å². The molecule has 0 spiro atoms. The molecule has 0 saturated carbocycles. The molecule has 0 radical (unpaired) electrons. The molecule has 1 heterocycles. The van der Waals surface area contributed by atoms with E-state index in [0.717, 1.165) is 21.4 Å². The highest BCUT2D eigenvalue weighted by Crippen LogP contribution is 2.25. The second-order valence-electron chi connectivity index (χ2n) is 4.26. The van der Waals surface area contributed by atoms with Crippen molar-refractivity contribution in [1.29, 1.82) is 0 Å². The molecule has 1 aromatic carbocycles. The molecule has 0 fully saturated rings. The number of nitrogens with zero attached hydrogens (tertiary/aromatic N) is 1. The molecule has 0 aliphatic heterocycles. The molecule has 2 rings (SSSR count). The van der Waals surface area contributed by atoms with Gasteiger partial charge in [-0.1, -0.05) is 12.1 Å². The smallest absolute Gasteiger partial charge is 0.140 e. The maximum Gasteiger partial charge on any atom is 0.140 e. The zero-order chi connectivity index (χ0) is 13.1. The summed E-state index contributed by atoms with van der Waals surface area (Å²) in [5.41, 5.74) is 2.12. The molecule has 2 nitrogen and oxygen atoms in total. The Hall–Kier alpha value is -1.42. The zero-order valence-corrected chi connectivity index (χ0v) is 11.8.